The number of carbonyl (C=O) groups excluding carboxylic acids is 2. The number of rotatable bonds is 4. The lowest BCUT2D eigenvalue weighted by Gasteiger charge is -2.37. The highest BCUT2D eigenvalue weighted by Gasteiger charge is 2.49. The van der Waals surface area contributed by atoms with Gasteiger partial charge in [-0.25, -0.2) is 0 Å². The number of nitrogens with zero attached hydrogens (tertiary/aromatic N) is 4. The third kappa shape index (κ3) is 3.22. The van der Waals surface area contributed by atoms with Crippen molar-refractivity contribution in [3.8, 4) is 0 Å². The second-order valence-electron chi connectivity index (χ2n) is 7.94. The molecule has 31 heavy (non-hydrogen) atoms. The molecule has 1 saturated heterocycles. The maximum atomic E-state index is 13.1. The number of hydrogen-bond donors (Lipinski definition) is 3. The number of hydrogen-bond acceptors (Lipinski definition) is 8. The third-order valence-electron chi connectivity index (χ3n) is 5.75. The SMILES string of the molecule is CC(O)(C(=O)Nc1ccc2c(N)noc2c1)[C@H]1OCCN(c2cc3n(n2)CCC3)C1=O. The van der Waals surface area contributed by atoms with Crippen LogP contribution < -0.4 is 16.0 Å². The minimum atomic E-state index is -2.12. The highest BCUT2D eigenvalue weighted by molar-refractivity contribution is 6.06. The molecule has 11 heteroatoms. The van der Waals surface area contributed by atoms with Crippen molar-refractivity contribution >= 4 is 40.1 Å². The summed E-state index contributed by atoms with van der Waals surface area (Å²) >= 11 is 0. The molecule has 1 fully saturated rings. The average molecular weight is 426 g/mol. The highest BCUT2D eigenvalue weighted by Crippen LogP contribution is 2.28. The molecular formula is C20H22N6O5. The summed E-state index contributed by atoms with van der Waals surface area (Å²) in [6.07, 6.45) is 0.572. The first kappa shape index (κ1) is 19.5. The molecule has 0 aliphatic carbocycles. The standard InChI is InChI=1S/C20H22N6O5/c1-20(29,19(28)22-11-4-5-13-14(9-11)31-24-17(13)21)16-18(27)25(7-8-30-16)15-10-12-3-2-6-26(12)23-15/h4-5,9-10,16,29H,2-3,6-8H2,1H3,(H2,21,24)(H,22,28)/t16-,20?/m0/s1. The Bertz CT molecular complexity index is 1160. The Hall–Kier alpha value is -3.44. The van der Waals surface area contributed by atoms with Crippen LogP contribution in [-0.2, 0) is 27.3 Å². The van der Waals surface area contributed by atoms with Crippen LogP contribution in [0.4, 0.5) is 17.3 Å². The molecule has 2 amide bonds. The van der Waals surface area contributed by atoms with Gasteiger partial charge in [0.1, 0.15) is 0 Å². The van der Waals surface area contributed by atoms with Crippen molar-refractivity contribution in [2.45, 2.75) is 38.0 Å². The number of aliphatic hydroxyl groups is 1. The molecule has 0 bridgehead atoms. The normalized spacial score (nSPS) is 20.6. The number of nitrogens with one attached hydrogen (secondary N) is 1. The van der Waals surface area contributed by atoms with Gasteiger partial charge in [0.05, 0.1) is 18.5 Å². The highest BCUT2D eigenvalue weighted by atomic mass is 16.5. The quantitative estimate of drug-likeness (QED) is 0.551. The molecule has 5 rings (SSSR count). The van der Waals surface area contributed by atoms with E-state index in [0.29, 0.717) is 29.0 Å². The van der Waals surface area contributed by atoms with E-state index in [1.807, 2.05) is 10.7 Å². The first-order chi connectivity index (χ1) is 14.8. The van der Waals surface area contributed by atoms with Gasteiger partial charge in [-0.15, -0.1) is 0 Å². The first-order valence-electron chi connectivity index (χ1n) is 10.0. The van der Waals surface area contributed by atoms with Crippen LogP contribution in [0.1, 0.15) is 19.0 Å². The van der Waals surface area contributed by atoms with Crippen molar-refractivity contribution < 1.29 is 24.0 Å². The molecule has 1 unspecified atom stereocenters. The molecule has 2 aliphatic heterocycles. The number of nitrogen functional groups attached to an aromatic ring is 1. The van der Waals surface area contributed by atoms with Crippen LogP contribution in [0.15, 0.2) is 28.8 Å². The Morgan fingerprint density at radius 2 is 2.19 bits per heavy atom. The lowest BCUT2D eigenvalue weighted by atomic mass is 9.95. The fourth-order valence-electron chi connectivity index (χ4n) is 4.00. The van der Waals surface area contributed by atoms with Crippen LogP contribution in [0.2, 0.25) is 0 Å². The van der Waals surface area contributed by atoms with Crippen LogP contribution in [-0.4, -0.2) is 56.7 Å². The van der Waals surface area contributed by atoms with Gasteiger partial charge >= 0.3 is 0 Å². The molecule has 2 aliphatic rings. The molecule has 11 nitrogen and oxygen atoms in total. The second kappa shape index (κ2) is 7.06. The molecule has 0 saturated carbocycles. The van der Waals surface area contributed by atoms with Gasteiger partial charge in [0.2, 0.25) is 0 Å². The van der Waals surface area contributed by atoms with Gasteiger partial charge in [-0.05, 0) is 31.9 Å². The van der Waals surface area contributed by atoms with Crippen molar-refractivity contribution in [1.82, 2.24) is 14.9 Å². The summed E-state index contributed by atoms with van der Waals surface area (Å²) < 4.78 is 12.5. The van der Waals surface area contributed by atoms with Crippen molar-refractivity contribution in [2.75, 3.05) is 29.1 Å². The van der Waals surface area contributed by atoms with E-state index < -0.39 is 23.5 Å². The molecule has 4 heterocycles. The minimum Gasteiger partial charge on any atom is -0.380 e. The van der Waals surface area contributed by atoms with Crippen LogP contribution in [0, 0.1) is 0 Å². The van der Waals surface area contributed by atoms with Gasteiger partial charge < -0.3 is 25.4 Å². The summed E-state index contributed by atoms with van der Waals surface area (Å²) in [4.78, 5) is 27.4. The summed E-state index contributed by atoms with van der Waals surface area (Å²) in [6.45, 7) is 2.55. The number of fused-ring (bicyclic) bond motifs is 2. The molecule has 0 spiro atoms. The largest absolute Gasteiger partial charge is 0.380 e. The van der Waals surface area contributed by atoms with Gasteiger partial charge in [-0.3, -0.25) is 19.2 Å². The fourth-order valence-corrected chi connectivity index (χ4v) is 4.00. The number of aryl methyl sites for hydroxylation is 2. The Kier molecular flexibility index (Phi) is 4.45. The van der Waals surface area contributed by atoms with Gasteiger partial charge in [-0.2, -0.15) is 5.10 Å². The monoisotopic (exact) mass is 426 g/mol. The average Bonchev–Trinajstić information content (AvgIpc) is 3.43. The summed E-state index contributed by atoms with van der Waals surface area (Å²) in [5.41, 5.74) is 5.40. The summed E-state index contributed by atoms with van der Waals surface area (Å²) in [5, 5.41) is 22.3. The van der Waals surface area contributed by atoms with Gasteiger partial charge in [0.15, 0.2) is 28.9 Å². The number of ether oxygens (including phenoxy) is 1. The van der Waals surface area contributed by atoms with Crippen molar-refractivity contribution in [3.63, 3.8) is 0 Å². The fraction of sp³-hybridized carbons (Fsp3) is 0.400. The topological polar surface area (TPSA) is 149 Å². The lowest BCUT2D eigenvalue weighted by Crippen LogP contribution is -2.61. The Morgan fingerprint density at radius 3 is 3.00 bits per heavy atom. The Labute approximate surface area is 176 Å². The van der Waals surface area contributed by atoms with Crippen molar-refractivity contribution in [3.05, 3.63) is 30.0 Å². The molecule has 3 aromatic rings. The van der Waals surface area contributed by atoms with E-state index in [9.17, 15) is 14.7 Å². The maximum Gasteiger partial charge on any atom is 0.260 e. The molecule has 4 N–H and O–H groups in total. The first-order valence-corrected chi connectivity index (χ1v) is 10.0. The zero-order valence-corrected chi connectivity index (χ0v) is 16.9. The maximum absolute atomic E-state index is 13.1. The number of carbonyl (C=O) groups is 2. The number of morpholine rings is 1. The van der Waals surface area contributed by atoms with E-state index in [1.165, 1.54) is 17.9 Å². The smallest absolute Gasteiger partial charge is 0.260 e. The predicted molar refractivity (Wildman–Crippen MR) is 110 cm³/mol. The van der Waals surface area contributed by atoms with E-state index in [-0.39, 0.29) is 12.4 Å². The van der Waals surface area contributed by atoms with E-state index in [4.69, 9.17) is 15.0 Å². The van der Waals surface area contributed by atoms with E-state index in [1.54, 1.807) is 12.1 Å². The summed E-state index contributed by atoms with van der Waals surface area (Å²) in [5.74, 6) is -0.544. The van der Waals surface area contributed by atoms with Crippen molar-refractivity contribution in [2.24, 2.45) is 0 Å². The van der Waals surface area contributed by atoms with Gasteiger partial charge in [0, 0.05) is 30.1 Å². The molecule has 162 valence electrons. The van der Waals surface area contributed by atoms with E-state index in [2.05, 4.69) is 15.6 Å². The van der Waals surface area contributed by atoms with Crippen molar-refractivity contribution in [1.29, 1.82) is 0 Å². The number of amides is 2. The van der Waals surface area contributed by atoms with E-state index in [0.717, 1.165) is 25.1 Å². The van der Waals surface area contributed by atoms with Crippen LogP contribution in [0.25, 0.3) is 11.0 Å². The van der Waals surface area contributed by atoms with Crippen LogP contribution >= 0.6 is 0 Å². The Morgan fingerprint density at radius 1 is 1.35 bits per heavy atom. The van der Waals surface area contributed by atoms with Crippen LogP contribution in [0.5, 0.6) is 0 Å². The molecular weight excluding hydrogens is 404 g/mol. The molecule has 2 atom stereocenters. The minimum absolute atomic E-state index is 0.172. The third-order valence-corrected chi connectivity index (χ3v) is 5.75. The number of nitrogens with two attached hydrogens (primary N) is 1. The summed E-state index contributed by atoms with van der Waals surface area (Å²) in [6, 6.07) is 6.66. The predicted octanol–water partition coefficient (Wildman–Crippen LogP) is 0.674. The second-order valence-corrected chi connectivity index (χ2v) is 7.94. The number of benzene rings is 1. The van der Waals surface area contributed by atoms with Crippen LogP contribution in [0.3, 0.4) is 0 Å². The number of aromatic nitrogens is 3. The van der Waals surface area contributed by atoms with Gasteiger partial charge in [0.25, 0.3) is 11.8 Å². The molecule has 0 radical (unpaired) electrons. The van der Waals surface area contributed by atoms with E-state index >= 15 is 0 Å². The molecule has 2 aromatic heterocycles. The zero-order valence-electron chi connectivity index (χ0n) is 16.9. The zero-order chi connectivity index (χ0) is 21.8. The number of anilines is 3. The Balaban J connectivity index is 1.35. The van der Waals surface area contributed by atoms with Gasteiger partial charge in [-0.1, -0.05) is 5.16 Å². The molecule has 1 aromatic carbocycles. The lowest BCUT2D eigenvalue weighted by molar-refractivity contribution is -0.165. The summed E-state index contributed by atoms with van der Waals surface area (Å²) in [7, 11) is 0.